The van der Waals surface area contributed by atoms with Crippen molar-refractivity contribution >= 4 is 29.5 Å². The van der Waals surface area contributed by atoms with E-state index >= 15 is 0 Å². The smallest absolute Gasteiger partial charge is 0.419 e. The molecule has 0 aliphatic heterocycles. The van der Waals surface area contributed by atoms with Gasteiger partial charge >= 0.3 is 6.18 Å². The van der Waals surface area contributed by atoms with Gasteiger partial charge in [-0.3, -0.25) is 14.4 Å². The van der Waals surface area contributed by atoms with Gasteiger partial charge in [0.1, 0.15) is 11.6 Å². The molecule has 4 aliphatic carbocycles. The zero-order chi connectivity index (χ0) is 32.7. The number of ether oxygens (including phenoxy) is 1. The fourth-order valence-corrected chi connectivity index (χ4v) is 6.97. The third-order valence-electron chi connectivity index (χ3n) is 9.44. The molecule has 3 amide bonds. The lowest BCUT2D eigenvalue weighted by molar-refractivity contribution is -0.140. The van der Waals surface area contributed by atoms with Crippen molar-refractivity contribution in [1.29, 1.82) is 0 Å². The number of halogens is 4. The molecule has 4 atom stereocenters. The number of rotatable bonds is 9. The van der Waals surface area contributed by atoms with Gasteiger partial charge in [0, 0.05) is 29.8 Å². The van der Waals surface area contributed by atoms with Crippen LogP contribution in [0.1, 0.15) is 60.0 Å². The van der Waals surface area contributed by atoms with E-state index in [9.17, 15) is 37.1 Å². The first-order valence-electron chi connectivity index (χ1n) is 15.5. The van der Waals surface area contributed by atoms with E-state index in [0.717, 1.165) is 30.9 Å². The van der Waals surface area contributed by atoms with Crippen molar-refractivity contribution in [2.45, 2.75) is 62.9 Å². The van der Waals surface area contributed by atoms with Crippen LogP contribution >= 0.6 is 0 Å². The van der Waals surface area contributed by atoms with Crippen LogP contribution in [0.3, 0.4) is 0 Å². The predicted molar refractivity (Wildman–Crippen MR) is 161 cm³/mol. The number of benzene rings is 2. The Morgan fingerprint density at radius 1 is 0.978 bits per heavy atom. The van der Waals surface area contributed by atoms with E-state index in [1.807, 2.05) is 0 Å². The minimum Gasteiger partial charge on any atom is -0.496 e. The number of nitrogens with one attached hydrogen (secondary N) is 3. The van der Waals surface area contributed by atoms with Gasteiger partial charge < -0.3 is 25.8 Å². The Morgan fingerprint density at radius 3 is 2.39 bits per heavy atom. The summed E-state index contributed by atoms with van der Waals surface area (Å²) < 4.78 is 59.4. The molecule has 0 radical (unpaired) electrons. The lowest BCUT2D eigenvalue weighted by atomic mass is 9.83. The van der Waals surface area contributed by atoms with Crippen LogP contribution in [0.2, 0.25) is 0 Å². The number of carbonyl (C=O) groups is 3. The monoisotopic (exact) mass is 641 g/mol. The Hall–Kier alpha value is -4.19. The van der Waals surface area contributed by atoms with E-state index in [0.29, 0.717) is 42.9 Å². The average Bonchev–Trinajstić information content (AvgIpc) is 3.67. The van der Waals surface area contributed by atoms with E-state index < -0.39 is 47.4 Å². The first-order valence-corrected chi connectivity index (χ1v) is 15.5. The number of methoxy groups -OCH3 is 1. The van der Waals surface area contributed by atoms with Gasteiger partial charge in [0.05, 0.1) is 30.3 Å². The maximum atomic E-state index is 13.9. The van der Waals surface area contributed by atoms with Crippen molar-refractivity contribution in [3.05, 3.63) is 76.6 Å². The van der Waals surface area contributed by atoms with Crippen molar-refractivity contribution < 1.29 is 41.8 Å². The molecule has 2 unspecified atom stereocenters. The molecule has 6 rings (SSSR count). The molecule has 0 saturated heterocycles. The van der Waals surface area contributed by atoms with Crippen molar-refractivity contribution in [3.8, 4) is 5.75 Å². The summed E-state index contributed by atoms with van der Waals surface area (Å²) in [6.45, 7) is 0. The third kappa shape index (κ3) is 6.67. The summed E-state index contributed by atoms with van der Waals surface area (Å²) in [6, 6.07) is 6.49. The number of alkyl halides is 3. The summed E-state index contributed by atoms with van der Waals surface area (Å²) in [5.74, 6) is -3.17. The van der Waals surface area contributed by atoms with Gasteiger partial charge in [0.15, 0.2) is 0 Å². The molecule has 0 spiro atoms. The van der Waals surface area contributed by atoms with E-state index in [1.54, 1.807) is 24.3 Å². The van der Waals surface area contributed by atoms with Crippen LogP contribution in [0, 0.1) is 29.5 Å². The average molecular weight is 642 g/mol. The van der Waals surface area contributed by atoms with E-state index in [-0.39, 0.29) is 40.8 Å². The summed E-state index contributed by atoms with van der Waals surface area (Å²) in [5, 5.41) is 17.8. The van der Waals surface area contributed by atoms with Crippen LogP contribution in [0.4, 0.5) is 23.2 Å². The topological polar surface area (TPSA) is 117 Å². The molecule has 46 heavy (non-hydrogen) atoms. The lowest BCUT2D eigenvalue weighted by Crippen LogP contribution is -2.48. The van der Waals surface area contributed by atoms with E-state index in [2.05, 4.69) is 22.0 Å². The SMILES string of the molecule is COc1ccc(/C=C/C(=O)NC2CC(O)C2)cc1C(=O)N[C@@H]1C2CCC(/C2=C/C2CC2)[C@@H]1C(=O)Nc1ccc(F)c(C(F)(F)F)c1. The van der Waals surface area contributed by atoms with Crippen molar-refractivity contribution in [2.24, 2.45) is 23.7 Å². The van der Waals surface area contributed by atoms with Crippen molar-refractivity contribution in [1.82, 2.24) is 10.6 Å². The van der Waals surface area contributed by atoms with E-state index in [4.69, 9.17) is 4.74 Å². The summed E-state index contributed by atoms with van der Waals surface area (Å²) >= 11 is 0. The Balaban J connectivity index is 1.23. The molecule has 4 aliphatic rings. The van der Waals surface area contributed by atoms with Gasteiger partial charge in [-0.05, 0) is 92.3 Å². The molecular weight excluding hydrogens is 606 g/mol. The number of hydrogen-bond donors (Lipinski definition) is 4. The van der Waals surface area contributed by atoms with Gasteiger partial charge in [-0.2, -0.15) is 13.2 Å². The maximum Gasteiger partial charge on any atom is 0.419 e. The third-order valence-corrected chi connectivity index (χ3v) is 9.44. The fourth-order valence-electron chi connectivity index (χ4n) is 6.97. The Kier molecular flexibility index (Phi) is 8.66. The second kappa shape index (κ2) is 12.5. The Bertz CT molecular complexity index is 1600. The molecule has 2 aromatic carbocycles. The second-order valence-electron chi connectivity index (χ2n) is 12.6. The Morgan fingerprint density at radius 2 is 1.72 bits per heavy atom. The van der Waals surface area contributed by atoms with Gasteiger partial charge in [0.25, 0.3) is 5.91 Å². The number of hydrogen-bond acceptors (Lipinski definition) is 5. The van der Waals surface area contributed by atoms with Crippen molar-refractivity contribution in [2.75, 3.05) is 12.4 Å². The molecule has 2 aromatic rings. The highest BCUT2D eigenvalue weighted by Crippen LogP contribution is 2.54. The quantitative estimate of drug-likeness (QED) is 0.170. The van der Waals surface area contributed by atoms with Crippen LogP contribution in [-0.2, 0) is 15.8 Å². The van der Waals surface area contributed by atoms with Gasteiger partial charge in [-0.25, -0.2) is 4.39 Å². The van der Waals surface area contributed by atoms with Crippen LogP contribution in [0.15, 0.2) is 54.1 Å². The number of aliphatic hydroxyl groups is 1. The molecule has 8 nitrogen and oxygen atoms in total. The van der Waals surface area contributed by atoms with Gasteiger partial charge in [-0.15, -0.1) is 0 Å². The molecule has 4 saturated carbocycles. The number of anilines is 1. The number of aliphatic hydroxyl groups excluding tert-OH is 1. The van der Waals surface area contributed by atoms with Crippen molar-refractivity contribution in [3.63, 3.8) is 0 Å². The molecule has 4 N–H and O–H groups in total. The lowest BCUT2D eigenvalue weighted by Gasteiger charge is -2.31. The second-order valence-corrected chi connectivity index (χ2v) is 12.6. The molecular formula is C34H35F4N3O5. The zero-order valence-corrected chi connectivity index (χ0v) is 25.1. The van der Waals surface area contributed by atoms with Gasteiger partial charge in [0.2, 0.25) is 11.8 Å². The summed E-state index contributed by atoms with van der Waals surface area (Å²) in [4.78, 5) is 39.8. The van der Waals surface area contributed by atoms with Crippen LogP contribution < -0.4 is 20.7 Å². The normalized spacial score (nSPS) is 27.8. The zero-order valence-electron chi connectivity index (χ0n) is 25.1. The molecule has 2 bridgehead atoms. The molecule has 4 fully saturated rings. The minimum absolute atomic E-state index is 0.0788. The minimum atomic E-state index is -4.93. The maximum absolute atomic E-state index is 13.9. The molecule has 244 valence electrons. The first kappa shape index (κ1) is 31.8. The van der Waals surface area contributed by atoms with Crippen LogP contribution in [0.5, 0.6) is 5.75 Å². The largest absolute Gasteiger partial charge is 0.496 e. The molecule has 0 heterocycles. The first-order chi connectivity index (χ1) is 21.9. The summed E-state index contributed by atoms with van der Waals surface area (Å²) in [5.41, 5.74) is 0.186. The number of fused-ring (bicyclic) bond motifs is 2. The molecule has 12 heteroatoms. The highest BCUT2D eigenvalue weighted by molar-refractivity contribution is 6.00. The predicted octanol–water partition coefficient (Wildman–Crippen LogP) is 5.24. The molecule has 0 aromatic heterocycles. The fraction of sp³-hybridized carbons (Fsp3) is 0.441. The summed E-state index contributed by atoms with van der Waals surface area (Å²) in [7, 11) is 1.42. The van der Waals surface area contributed by atoms with Crippen LogP contribution in [-0.4, -0.2) is 48.1 Å². The van der Waals surface area contributed by atoms with E-state index in [1.165, 1.54) is 13.2 Å². The van der Waals surface area contributed by atoms with Crippen LogP contribution in [0.25, 0.3) is 6.08 Å². The Labute approximate surface area is 263 Å². The summed E-state index contributed by atoms with van der Waals surface area (Å²) in [6.07, 6.45) is 4.32. The standard InChI is InChI=1S/C34H35F4N3O5/c1-46-28-10-4-18(5-11-29(43)39-20-14-21(42)15-20)13-25(28)32(44)41-31-23-8-7-22(24(23)12-17-2-3-17)30(31)33(45)40-19-6-9-27(35)26(16-19)34(36,37)38/h4-6,9-13,16-17,20-23,30-31,42H,2-3,7-8,14-15H2,1H3,(H,39,43)(H,40,45)(H,41,44)/b11-5+,24-12-/t20?,21?,22?,23?,30-,31+/m0/s1. The highest BCUT2D eigenvalue weighted by Gasteiger charge is 2.55. The number of allylic oxidation sites excluding steroid dienone is 1. The number of amides is 3. The van der Waals surface area contributed by atoms with Gasteiger partial charge in [-0.1, -0.05) is 17.7 Å². The number of carbonyl (C=O) groups excluding carboxylic acids is 3. The highest BCUT2D eigenvalue weighted by atomic mass is 19.4.